The van der Waals surface area contributed by atoms with E-state index >= 15 is 0 Å². The minimum atomic E-state index is 0.665. The molecule has 0 aliphatic carbocycles. The monoisotopic (exact) mass is 409 g/mol. The smallest absolute Gasteiger partial charge is 0.190 e. The normalized spacial score (nSPS) is 11.0. The van der Waals surface area contributed by atoms with Gasteiger partial charge in [0.25, 0.3) is 0 Å². The molecule has 9 heteroatoms. The third-order valence-electron chi connectivity index (χ3n) is 3.44. The van der Waals surface area contributed by atoms with Gasteiger partial charge in [0, 0.05) is 17.5 Å². The quantitative estimate of drug-likeness (QED) is 0.445. The number of fused-ring (bicyclic) bond motifs is 1. The van der Waals surface area contributed by atoms with Gasteiger partial charge in [-0.15, -0.1) is 22.7 Å². The Morgan fingerprint density at radius 1 is 1.00 bits per heavy atom. The van der Waals surface area contributed by atoms with Crippen LogP contribution >= 0.6 is 45.6 Å². The van der Waals surface area contributed by atoms with Crippen molar-refractivity contribution in [1.82, 2.24) is 9.97 Å². The molecule has 0 aliphatic heterocycles. The second-order valence-electron chi connectivity index (χ2n) is 4.96. The first-order valence-electron chi connectivity index (χ1n) is 7.17. The summed E-state index contributed by atoms with van der Waals surface area (Å²) in [5, 5.41) is 6.84. The van der Waals surface area contributed by atoms with Crippen LogP contribution in [-0.4, -0.2) is 24.2 Å². The Balaban J connectivity index is 1.61. The number of benzene rings is 1. The van der Waals surface area contributed by atoms with Crippen LogP contribution in [0.4, 0.5) is 10.3 Å². The number of thiazole rings is 2. The molecule has 0 atom stereocenters. The van der Waals surface area contributed by atoms with Crippen molar-refractivity contribution < 1.29 is 9.47 Å². The standard InChI is InChI=1S/C16H12ClN3O2S3/c1-21-10-5-8-13(6-11(10)22-2)25-16(18-8)20-15-19-9(7-23-15)12-3-4-14(17)24-12/h3-7H,1-2H3,(H,18,19,20). The predicted molar refractivity (Wildman–Crippen MR) is 106 cm³/mol. The lowest BCUT2D eigenvalue weighted by Gasteiger charge is -2.05. The average Bonchev–Trinajstić information content (AvgIpc) is 3.32. The summed E-state index contributed by atoms with van der Waals surface area (Å²) in [6, 6.07) is 7.65. The van der Waals surface area contributed by atoms with Gasteiger partial charge in [0.1, 0.15) is 0 Å². The predicted octanol–water partition coefficient (Wildman–Crippen LogP) is 5.90. The first-order valence-corrected chi connectivity index (χ1v) is 10.1. The van der Waals surface area contributed by atoms with Crippen LogP contribution in [0.15, 0.2) is 29.6 Å². The SMILES string of the molecule is COc1cc2nc(Nc3nc(-c4ccc(Cl)s4)cs3)sc2cc1OC. The maximum absolute atomic E-state index is 5.99. The maximum atomic E-state index is 5.99. The highest BCUT2D eigenvalue weighted by Gasteiger charge is 2.12. The Hall–Kier alpha value is -1.87. The number of anilines is 2. The molecule has 0 saturated heterocycles. The van der Waals surface area contributed by atoms with E-state index in [0.717, 1.165) is 35.4 Å². The van der Waals surface area contributed by atoms with E-state index in [0.29, 0.717) is 11.5 Å². The van der Waals surface area contributed by atoms with Crippen molar-refractivity contribution >= 4 is 66.1 Å². The van der Waals surface area contributed by atoms with Crippen LogP contribution in [0.2, 0.25) is 4.34 Å². The zero-order valence-corrected chi connectivity index (χ0v) is 16.4. The fourth-order valence-electron chi connectivity index (χ4n) is 2.30. The van der Waals surface area contributed by atoms with Crippen molar-refractivity contribution in [3.05, 3.63) is 34.0 Å². The van der Waals surface area contributed by atoms with Gasteiger partial charge in [-0.25, -0.2) is 9.97 Å². The zero-order chi connectivity index (χ0) is 17.4. The van der Waals surface area contributed by atoms with E-state index in [4.69, 9.17) is 21.1 Å². The van der Waals surface area contributed by atoms with Gasteiger partial charge >= 0.3 is 0 Å². The largest absolute Gasteiger partial charge is 0.493 e. The molecule has 0 fully saturated rings. The van der Waals surface area contributed by atoms with Crippen molar-refractivity contribution in [2.75, 3.05) is 19.5 Å². The molecule has 0 spiro atoms. The Morgan fingerprint density at radius 3 is 2.52 bits per heavy atom. The molecular weight excluding hydrogens is 398 g/mol. The van der Waals surface area contributed by atoms with Crippen molar-refractivity contribution in [3.8, 4) is 22.1 Å². The van der Waals surface area contributed by atoms with E-state index in [1.807, 2.05) is 29.6 Å². The number of ether oxygens (including phenoxy) is 2. The summed E-state index contributed by atoms with van der Waals surface area (Å²) >= 11 is 10.6. The molecule has 0 saturated carbocycles. The van der Waals surface area contributed by atoms with Gasteiger partial charge in [0.05, 0.1) is 39.3 Å². The Morgan fingerprint density at radius 2 is 1.80 bits per heavy atom. The van der Waals surface area contributed by atoms with Gasteiger partial charge in [-0.1, -0.05) is 22.9 Å². The molecule has 0 radical (unpaired) electrons. The van der Waals surface area contributed by atoms with E-state index < -0.39 is 0 Å². The maximum Gasteiger partial charge on any atom is 0.190 e. The average molecular weight is 410 g/mol. The van der Waals surface area contributed by atoms with E-state index in [-0.39, 0.29) is 0 Å². The first-order chi connectivity index (χ1) is 12.2. The summed E-state index contributed by atoms with van der Waals surface area (Å²) in [5.41, 5.74) is 1.76. The molecule has 25 heavy (non-hydrogen) atoms. The number of methoxy groups -OCH3 is 2. The molecule has 0 amide bonds. The number of rotatable bonds is 5. The molecule has 4 aromatic rings. The number of nitrogens with zero attached hydrogens (tertiary/aromatic N) is 2. The number of hydrogen-bond donors (Lipinski definition) is 1. The summed E-state index contributed by atoms with van der Waals surface area (Å²) in [6.07, 6.45) is 0. The molecule has 3 heterocycles. The van der Waals surface area contributed by atoms with Crippen LogP contribution in [-0.2, 0) is 0 Å². The molecule has 0 unspecified atom stereocenters. The Kier molecular flexibility index (Phi) is 4.51. The first kappa shape index (κ1) is 16.6. The second kappa shape index (κ2) is 6.80. The molecule has 4 rings (SSSR count). The molecule has 1 N–H and O–H groups in total. The number of hydrogen-bond acceptors (Lipinski definition) is 8. The van der Waals surface area contributed by atoms with Gasteiger partial charge in [-0.2, -0.15) is 0 Å². The molecular formula is C16H12ClN3O2S3. The van der Waals surface area contributed by atoms with Gasteiger partial charge in [0.15, 0.2) is 21.8 Å². The van der Waals surface area contributed by atoms with E-state index in [1.165, 1.54) is 22.7 Å². The van der Waals surface area contributed by atoms with Crippen LogP contribution in [0.3, 0.4) is 0 Å². The van der Waals surface area contributed by atoms with Crippen LogP contribution in [0.25, 0.3) is 20.8 Å². The van der Waals surface area contributed by atoms with Crippen LogP contribution in [0, 0.1) is 0 Å². The number of halogens is 1. The molecule has 128 valence electrons. The topological polar surface area (TPSA) is 56.3 Å². The molecule has 0 aliphatic rings. The van der Waals surface area contributed by atoms with Gasteiger partial charge in [-0.05, 0) is 12.1 Å². The number of nitrogens with one attached hydrogen (secondary N) is 1. The van der Waals surface area contributed by atoms with E-state index in [1.54, 1.807) is 25.6 Å². The highest BCUT2D eigenvalue weighted by Crippen LogP contribution is 2.38. The summed E-state index contributed by atoms with van der Waals surface area (Å²) in [7, 11) is 3.24. The minimum Gasteiger partial charge on any atom is -0.493 e. The van der Waals surface area contributed by atoms with Gasteiger partial charge in [0.2, 0.25) is 0 Å². The molecule has 5 nitrogen and oxygen atoms in total. The van der Waals surface area contributed by atoms with E-state index in [9.17, 15) is 0 Å². The van der Waals surface area contributed by atoms with Crippen molar-refractivity contribution in [3.63, 3.8) is 0 Å². The van der Waals surface area contributed by atoms with Gasteiger partial charge < -0.3 is 14.8 Å². The second-order valence-corrected chi connectivity index (χ2v) is 8.56. The highest BCUT2D eigenvalue weighted by atomic mass is 35.5. The lowest BCUT2D eigenvalue weighted by molar-refractivity contribution is 0.356. The third-order valence-corrected chi connectivity index (χ3v) is 6.38. The fraction of sp³-hybridized carbons (Fsp3) is 0.125. The van der Waals surface area contributed by atoms with Crippen LogP contribution in [0.5, 0.6) is 11.5 Å². The highest BCUT2D eigenvalue weighted by molar-refractivity contribution is 7.23. The zero-order valence-electron chi connectivity index (χ0n) is 13.2. The summed E-state index contributed by atoms with van der Waals surface area (Å²) in [6.45, 7) is 0. The lowest BCUT2D eigenvalue weighted by atomic mass is 10.3. The molecule has 0 bridgehead atoms. The van der Waals surface area contributed by atoms with Crippen molar-refractivity contribution in [2.45, 2.75) is 0 Å². The number of aromatic nitrogens is 2. The van der Waals surface area contributed by atoms with Crippen LogP contribution in [0.1, 0.15) is 0 Å². The van der Waals surface area contributed by atoms with Crippen molar-refractivity contribution in [1.29, 1.82) is 0 Å². The minimum absolute atomic E-state index is 0.665. The Bertz CT molecular complexity index is 1000. The Labute approximate surface area is 160 Å². The van der Waals surface area contributed by atoms with Crippen molar-refractivity contribution in [2.24, 2.45) is 0 Å². The fourth-order valence-corrected chi connectivity index (χ4v) is 5.02. The molecule has 1 aromatic carbocycles. The lowest BCUT2D eigenvalue weighted by Crippen LogP contribution is -1.90. The van der Waals surface area contributed by atoms with Gasteiger partial charge in [-0.3, -0.25) is 0 Å². The summed E-state index contributed by atoms with van der Waals surface area (Å²) in [4.78, 5) is 10.3. The summed E-state index contributed by atoms with van der Waals surface area (Å²) < 4.78 is 12.4. The van der Waals surface area contributed by atoms with E-state index in [2.05, 4.69) is 15.3 Å². The molecule has 3 aromatic heterocycles. The summed E-state index contributed by atoms with van der Waals surface area (Å²) in [5.74, 6) is 1.36. The van der Waals surface area contributed by atoms with Crippen LogP contribution < -0.4 is 14.8 Å². The number of thiophene rings is 1. The third kappa shape index (κ3) is 3.30.